The molecular formula is C20H23ClN2O4. The fourth-order valence-electron chi connectivity index (χ4n) is 2.37. The van der Waals surface area contributed by atoms with Crippen LogP contribution < -0.4 is 10.1 Å². The summed E-state index contributed by atoms with van der Waals surface area (Å²) in [7, 11) is 0. The van der Waals surface area contributed by atoms with Gasteiger partial charge >= 0.3 is 5.97 Å². The number of carboxylic acids is 1. The number of carbonyl (C=O) groups excluding carboxylic acids is 1. The molecule has 1 heterocycles. The van der Waals surface area contributed by atoms with E-state index in [1.54, 1.807) is 12.1 Å². The van der Waals surface area contributed by atoms with E-state index in [-0.39, 0.29) is 29.0 Å². The second-order valence-electron chi connectivity index (χ2n) is 6.66. The lowest BCUT2D eigenvalue weighted by atomic mass is 10.1. The number of aromatic nitrogens is 1. The van der Waals surface area contributed by atoms with E-state index in [1.807, 2.05) is 6.92 Å². The maximum Gasteiger partial charge on any atom is 0.335 e. The molecule has 0 unspecified atom stereocenters. The summed E-state index contributed by atoms with van der Waals surface area (Å²) in [5.74, 6) is -0.639. The summed E-state index contributed by atoms with van der Waals surface area (Å²) in [4.78, 5) is 27.8. The van der Waals surface area contributed by atoms with Crippen LogP contribution in [0.4, 0.5) is 0 Å². The minimum atomic E-state index is -0.994. The Kier molecular flexibility index (Phi) is 7.19. The Balaban J connectivity index is 2.11. The normalized spacial score (nSPS) is 11.9. The van der Waals surface area contributed by atoms with Crippen molar-refractivity contribution in [1.29, 1.82) is 0 Å². The van der Waals surface area contributed by atoms with Crippen molar-refractivity contribution in [2.75, 3.05) is 6.61 Å². The molecule has 2 aromatic rings. The number of carboxylic acid groups (broad SMARTS) is 1. The van der Waals surface area contributed by atoms with Gasteiger partial charge in [0.05, 0.1) is 23.2 Å². The minimum absolute atomic E-state index is 0.192. The Labute approximate surface area is 163 Å². The molecule has 0 saturated heterocycles. The molecular weight excluding hydrogens is 368 g/mol. The molecule has 1 aromatic carbocycles. The van der Waals surface area contributed by atoms with E-state index in [1.165, 1.54) is 24.4 Å². The molecule has 0 bridgehead atoms. The SMILES string of the molecule is CC(C)CCOc1ncc(Cl)cc1C(=O)N[C@@H](C)c1ccc(C(=O)O)cc1. The highest BCUT2D eigenvalue weighted by Gasteiger charge is 2.18. The van der Waals surface area contributed by atoms with E-state index in [0.717, 1.165) is 12.0 Å². The van der Waals surface area contributed by atoms with Crippen molar-refractivity contribution < 1.29 is 19.4 Å². The van der Waals surface area contributed by atoms with Gasteiger partial charge in [-0.25, -0.2) is 9.78 Å². The van der Waals surface area contributed by atoms with Crippen LogP contribution in [0.3, 0.4) is 0 Å². The van der Waals surface area contributed by atoms with Gasteiger partial charge in [0.15, 0.2) is 0 Å². The number of aromatic carboxylic acids is 1. The van der Waals surface area contributed by atoms with Crippen molar-refractivity contribution >= 4 is 23.5 Å². The first-order valence-electron chi connectivity index (χ1n) is 8.70. The molecule has 1 amide bonds. The van der Waals surface area contributed by atoms with Gasteiger partial charge in [0.1, 0.15) is 5.56 Å². The summed E-state index contributed by atoms with van der Waals surface area (Å²) < 4.78 is 5.66. The standard InChI is InChI=1S/C20H23ClN2O4/c1-12(2)8-9-27-19-17(10-16(21)11-22-19)18(24)23-13(3)14-4-6-15(7-5-14)20(25)26/h4-7,10-13H,8-9H2,1-3H3,(H,23,24)(H,25,26)/t13-/m0/s1. The molecule has 6 nitrogen and oxygen atoms in total. The Morgan fingerprint density at radius 1 is 1.22 bits per heavy atom. The Bertz CT molecular complexity index is 806. The van der Waals surface area contributed by atoms with E-state index in [9.17, 15) is 9.59 Å². The zero-order chi connectivity index (χ0) is 20.0. The third kappa shape index (κ3) is 5.96. The average Bonchev–Trinajstić information content (AvgIpc) is 2.62. The number of ether oxygens (including phenoxy) is 1. The van der Waals surface area contributed by atoms with Gasteiger partial charge in [-0.3, -0.25) is 4.79 Å². The number of rotatable bonds is 8. The van der Waals surface area contributed by atoms with Crippen LogP contribution in [0, 0.1) is 5.92 Å². The van der Waals surface area contributed by atoms with Crippen molar-refractivity contribution in [3.8, 4) is 5.88 Å². The van der Waals surface area contributed by atoms with Crippen molar-refractivity contribution in [3.05, 3.63) is 58.2 Å². The van der Waals surface area contributed by atoms with Gasteiger partial charge in [-0.1, -0.05) is 37.6 Å². The van der Waals surface area contributed by atoms with Crippen LogP contribution in [-0.4, -0.2) is 28.6 Å². The monoisotopic (exact) mass is 390 g/mol. The topological polar surface area (TPSA) is 88.5 Å². The smallest absolute Gasteiger partial charge is 0.335 e. The van der Waals surface area contributed by atoms with E-state index >= 15 is 0 Å². The van der Waals surface area contributed by atoms with E-state index in [2.05, 4.69) is 24.1 Å². The number of hydrogen-bond acceptors (Lipinski definition) is 4. The lowest BCUT2D eigenvalue weighted by Gasteiger charge is -2.16. The molecule has 0 radical (unpaired) electrons. The van der Waals surface area contributed by atoms with Crippen molar-refractivity contribution in [2.24, 2.45) is 5.92 Å². The van der Waals surface area contributed by atoms with E-state index in [0.29, 0.717) is 17.5 Å². The van der Waals surface area contributed by atoms with Gasteiger partial charge in [0.25, 0.3) is 5.91 Å². The predicted molar refractivity (Wildman–Crippen MR) is 103 cm³/mol. The van der Waals surface area contributed by atoms with Crippen LogP contribution in [0.25, 0.3) is 0 Å². The minimum Gasteiger partial charge on any atom is -0.478 e. The third-order valence-electron chi connectivity index (χ3n) is 4.00. The highest BCUT2D eigenvalue weighted by molar-refractivity contribution is 6.30. The maximum absolute atomic E-state index is 12.7. The molecule has 0 aliphatic carbocycles. The number of halogens is 1. The van der Waals surface area contributed by atoms with Crippen molar-refractivity contribution in [3.63, 3.8) is 0 Å². The molecule has 27 heavy (non-hydrogen) atoms. The summed E-state index contributed by atoms with van der Waals surface area (Å²) in [6.45, 7) is 6.44. The quantitative estimate of drug-likeness (QED) is 0.699. The number of hydrogen-bond donors (Lipinski definition) is 2. The van der Waals surface area contributed by atoms with E-state index < -0.39 is 5.97 Å². The lowest BCUT2D eigenvalue weighted by Crippen LogP contribution is -2.27. The van der Waals surface area contributed by atoms with Gasteiger partial charge in [-0.05, 0) is 43.0 Å². The largest absolute Gasteiger partial charge is 0.478 e. The molecule has 0 saturated carbocycles. The molecule has 144 valence electrons. The fourth-order valence-corrected chi connectivity index (χ4v) is 2.53. The zero-order valence-electron chi connectivity index (χ0n) is 15.5. The second kappa shape index (κ2) is 9.37. The summed E-state index contributed by atoms with van der Waals surface area (Å²) in [5.41, 5.74) is 1.24. The van der Waals surface area contributed by atoms with Crippen molar-refractivity contribution in [2.45, 2.75) is 33.2 Å². The Morgan fingerprint density at radius 3 is 2.48 bits per heavy atom. The second-order valence-corrected chi connectivity index (χ2v) is 7.10. The van der Waals surface area contributed by atoms with Crippen LogP contribution in [0.2, 0.25) is 5.02 Å². The molecule has 1 atom stereocenters. The molecule has 0 spiro atoms. The average molecular weight is 391 g/mol. The van der Waals surface area contributed by atoms with Gasteiger partial charge in [0.2, 0.25) is 5.88 Å². The van der Waals surface area contributed by atoms with Crippen LogP contribution in [0.15, 0.2) is 36.5 Å². The summed E-state index contributed by atoms with van der Waals surface area (Å²) in [6, 6.07) is 7.54. The molecule has 0 aliphatic heterocycles. The number of nitrogens with one attached hydrogen (secondary N) is 1. The van der Waals surface area contributed by atoms with Crippen LogP contribution in [0.5, 0.6) is 5.88 Å². The first-order valence-corrected chi connectivity index (χ1v) is 9.08. The summed E-state index contributed by atoms with van der Waals surface area (Å²) >= 11 is 5.99. The van der Waals surface area contributed by atoms with Crippen LogP contribution in [-0.2, 0) is 0 Å². The Morgan fingerprint density at radius 2 is 1.89 bits per heavy atom. The number of pyridine rings is 1. The lowest BCUT2D eigenvalue weighted by molar-refractivity contribution is 0.0696. The van der Waals surface area contributed by atoms with Gasteiger partial charge in [-0.2, -0.15) is 0 Å². The summed E-state index contributed by atoms with van der Waals surface area (Å²) in [5, 5.41) is 12.2. The van der Waals surface area contributed by atoms with Crippen molar-refractivity contribution in [1.82, 2.24) is 10.3 Å². The highest BCUT2D eigenvalue weighted by atomic mass is 35.5. The van der Waals surface area contributed by atoms with Crippen LogP contribution >= 0.6 is 11.6 Å². The van der Waals surface area contributed by atoms with E-state index in [4.69, 9.17) is 21.4 Å². The predicted octanol–water partition coefficient (Wildman–Crippen LogP) is 4.35. The van der Waals surface area contributed by atoms with Gasteiger partial charge < -0.3 is 15.2 Å². The number of benzene rings is 1. The molecule has 0 fully saturated rings. The first-order chi connectivity index (χ1) is 12.8. The number of carbonyl (C=O) groups is 2. The van der Waals surface area contributed by atoms with Gasteiger partial charge in [0, 0.05) is 6.20 Å². The molecule has 7 heteroatoms. The highest BCUT2D eigenvalue weighted by Crippen LogP contribution is 2.22. The molecule has 2 N–H and O–H groups in total. The molecule has 2 rings (SSSR count). The van der Waals surface area contributed by atoms with Crippen LogP contribution in [0.1, 0.15) is 59.5 Å². The summed E-state index contributed by atoms with van der Waals surface area (Å²) in [6.07, 6.45) is 2.29. The fraction of sp³-hybridized carbons (Fsp3) is 0.350. The number of amides is 1. The first kappa shape index (κ1) is 20.7. The maximum atomic E-state index is 12.7. The molecule has 0 aliphatic rings. The third-order valence-corrected chi connectivity index (χ3v) is 4.21. The Hall–Kier alpha value is -2.60. The van der Waals surface area contributed by atoms with Gasteiger partial charge in [-0.15, -0.1) is 0 Å². The number of nitrogens with zero attached hydrogens (tertiary/aromatic N) is 1. The molecule has 1 aromatic heterocycles. The zero-order valence-corrected chi connectivity index (χ0v) is 16.3.